The second kappa shape index (κ2) is 3.89. The van der Waals surface area contributed by atoms with E-state index in [1.165, 1.54) is 11.1 Å². The molecule has 0 aromatic heterocycles. The standard InChI is InChI=1S/C11H12Cl2/c12-10-7-3-5-8-4-1-2-6-9(8)11(10)13/h1-2,4,6,10-11H,3,5,7H2/t10-,11-/m1/s1. The summed E-state index contributed by atoms with van der Waals surface area (Å²) in [4.78, 5) is 0. The summed E-state index contributed by atoms with van der Waals surface area (Å²) in [5.74, 6) is 0. The Morgan fingerprint density at radius 2 is 1.92 bits per heavy atom. The molecule has 0 unspecified atom stereocenters. The van der Waals surface area contributed by atoms with Crippen molar-refractivity contribution in [3.8, 4) is 0 Å². The summed E-state index contributed by atoms with van der Waals surface area (Å²) in [5.41, 5.74) is 2.59. The van der Waals surface area contributed by atoms with Crippen LogP contribution in [-0.2, 0) is 6.42 Å². The molecule has 0 saturated heterocycles. The van der Waals surface area contributed by atoms with Crippen LogP contribution in [0, 0.1) is 0 Å². The number of halogens is 2. The second-order valence-corrected chi connectivity index (χ2v) is 4.54. The smallest absolute Gasteiger partial charge is 0.0751 e. The number of hydrogen-bond donors (Lipinski definition) is 0. The van der Waals surface area contributed by atoms with E-state index in [2.05, 4.69) is 18.2 Å². The lowest BCUT2D eigenvalue weighted by molar-refractivity contribution is 0.708. The van der Waals surface area contributed by atoms with Crippen molar-refractivity contribution < 1.29 is 0 Å². The molecule has 70 valence electrons. The molecular weight excluding hydrogens is 203 g/mol. The van der Waals surface area contributed by atoms with E-state index in [9.17, 15) is 0 Å². The minimum absolute atomic E-state index is 0.0135. The molecule has 2 heteroatoms. The summed E-state index contributed by atoms with van der Waals surface area (Å²) in [6.45, 7) is 0. The van der Waals surface area contributed by atoms with Crippen LogP contribution < -0.4 is 0 Å². The molecule has 1 aliphatic carbocycles. The molecule has 1 aromatic rings. The third-order valence-corrected chi connectivity index (χ3v) is 3.73. The van der Waals surface area contributed by atoms with E-state index in [1.807, 2.05) is 6.07 Å². The van der Waals surface area contributed by atoms with E-state index < -0.39 is 0 Å². The zero-order chi connectivity index (χ0) is 9.26. The maximum absolute atomic E-state index is 6.27. The largest absolute Gasteiger partial charge is 0.121 e. The van der Waals surface area contributed by atoms with Crippen molar-refractivity contribution in [2.45, 2.75) is 30.0 Å². The van der Waals surface area contributed by atoms with Gasteiger partial charge in [0.05, 0.1) is 10.8 Å². The van der Waals surface area contributed by atoms with Crippen LogP contribution in [0.15, 0.2) is 24.3 Å². The van der Waals surface area contributed by atoms with Gasteiger partial charge in [0.15, 0.2) is 0 Å². The topological polar surface area (TPSA) is 0 Å². The highest BCUT2D eigenvalue weighted by molar-refractivity contribution is 6.30. The first-order chi connectivity index (χ1) is 6.29. The molecule has 0 radical (unpaired) electrons. The van der Waals surface area contributed by atoms with Crippen molar-refractivity contribution in [2.24, 2.45) is 0 Å². The van der Waals surface area contributed by atoms with Crippen LogP contribution in [-0.4, -0.2) is 5.38 Å². The van der Waals surface area contributed by atoms with Crippen LogP contribution in [0.2, 0.25) is 0 Å². The minimum Gasteiger partial charge on any atom is -0.121 e. The monoisotopic (exact) mass is 214 g/mol. The van der Waals surface area contributed by atoms with Gasteiger partial charge in [0.2, 0.25) is 0 Å². The van der Waals surface area contributed by atoms with Gasteiger partial charge in [-0.1, -0.05) is 24.3 Å². The first kappa shape index (κ1) is 9.36. The average Bonchev–Trinajstić information content (AvgIpc) is 2.29. The number of alkyl halides is 2. The molecule has 0 saturated carbocycles. The van der Waals surface area contributed by atoms with Gasteiger partial charge >= 0.3 is 0 Å². The van der Waals surface area contributed by atoms with Gasteiger partial charge in [-0.25, -0.2) is 0 Å². The molecule has 0 spiro atoms. The first-order valence-electron chi connectivity index (χ1n) is 4.65. The van der Waals surface area contributed by atoms with Crippen LogP contribution in [0.5, 0.6) is 0 Å². The Morgan fingerprint density at radius 1 is 1.15 bits per heavy atom. The van der Waals surface area contributed by atoms with Gasteiger partial charge in [-0.3, -0.25) is 0 Å². The Kier molecular flexibility index (Phi) is 2.80. The molecule has 0 nitrogen and oxygen atoms in total. The van der Waals surface area contributed by atoms with Crippen LogP contribution >= 0.6 is 23.2 Å². The summed E-state index contributed by atoms with van der Waals surface area (Å²) < 4.78 is 0. The Morgan fingerprint density at radius 3 is 2.77 bits per heavy atom. The van der Waals surface area contributed by atoms with Gasteiger partial charge in [0.25, 0.3) is 0 Å². The number of aryl methyl sites for hydroxylation is 1. The normalized spacial score (nSPS) is 27.8. The predicted molar refractivity (Wildman–Crippen MR) is 57.6 cm³/mol. The highest BCUT2D eigenvalue weighted by Crippen LogP contribution is 2.36. The lowest BCUT2D eigenvalue weighted by Crippen LogP contribution is -2.05. The van der Waals surface area contributed by atoms with Crippen LogP contribution in [0.1, 0.15) is 29.3 Å². The summed E-state index contributed by atoms with van der Waals surface area (Å²) in [7, 11) is 0. The van der Waals surface area contributed by atoms with E-state index in [1.54, 1.807) is 0 Å². The van der Waals surface area contributed by atoms with Crippen molar-refractivity contribution in [3.05, 3.63) is 35.4 Å². The molecule has 1 aromatic carbocycles. The number of hydrogen-bond acceptors (Lipinski definition) is 0. The summed E-state index contributed by atoms with van der Waals surface area (Å²) in [6, 6.07) is 8.34. The van der Waals surface area contributed by atoms with E-state index in [0.717, 1.165) is 19.3 Å². The third kappa shape index (κ3) is 1.84. The maximum atomic E-state index is 6.27. The first-order valence-corrected chi connectivity index (χ1v) is 5.52. The fourth-order valence-electron chi connectivity index (χ4n) is 1.86. The fourth-order valence-corrected chi connectivity index (χ4v) is 2.49. The highest BCUT2D eigenvalue weighted by atomic mass is 35.5. The SMILES string of the molecule is Cl[C@@H]1CCCc2ccccc2[C@H]1Cl. The Hall–Kier alpha value is -0.200. The molecular formula is C11H12Cl2. The predicted octanol–water partition coefficient (Wildman–Crippen LogP) is 3.91. The molecule has 0 heterocycles. The quantitative estimate of drug-likeness (QED) is 0.454. The molecule has 0 bridgehead atoms. The zero-order valence-corrected chi connectivity index (χ0v) is 8.85. The van der Waals surface area contributed by atoms with E-state index in [-0.39, 0.29) is 10.8 Å². The molecule has 0 fully saturated rings. The molecule has 13 heavy (non-hydrogen) atoms. The van der Waals surface area contributed by atoms with Crippen LogP contribution in [0.25, 0.3) is 0 Å². The molecule has 1 aliphatic rings. The van der Waals surface area contributed by atoms with Gasteiger partial charge in [-0.15, -0.1) is 23.2 Å². The molecule has 0 N–H and O–H groups in total. The molecule has 2 rings (SSSR count). The third-order valence-electron chi connectivity index (χ3n) is 2.60. The van der Waals surface area contributed by atoms with Crippen LogP contribution in [0.3, 0.4) is 0 Å². The lowest BCUT2D eigenvalue weighted by Gasteiger charge is -2.14. The summed E-state index contributed by atoms with van der Waals surface area (Å²) in [6.07, 6.45) is 3.28. The summed E-state index contributed by atoms with van der Waals surface area (Å²) >= 11 is 12.4. The van der Waals surface area contributed by atoms with Crippen molar-refractivity contribution >= 4 is 23.2 Å². The van der Waals surface area contributed by atoms with Crippen molar-refractivity contribution in [2.75, 3.05) is 0 Å². The Labute approximate surface area is 88.9 Å². The van der Waals surface area contributed by atoms with Gasteiger partial charge in [0, 0.05) is 0 Å². The lowest BCUT2D eigenvalue weighted by atomic mass is 10.0. The Bertz CT molecular complexity index is 296. The fraction of sp³-hybridized carbons (Fsp3) is 0.455. The van der Waals surface area contributed by atoms with Gasteiger partial charge in [-0.05, 0) is 30.4 Å². The number of fused-ring (bicyclic) bond motifs is 1. The second-order valence-electron chi connectivity index (χ2n) is 3.51. The zero-order valence-electron chi connectivity index (χ0n) is 7.34. The number of benzene rings is 1. The minimum atomic E-state index is -0.0135. The van der Waals surface area contributed by atoms with E-state index in [4.69, 9.17) is 23.2 Å². The van der Waals surface area contributed by atoms with Gasteiger partial charge in [0.1, 0.15) is 0 Å². The van der Waals surface area contributed by atoms with E-state index in [0.29, 0.717) is 0 Å². The van der Waals surface area contributed by atoms with Gasteiger partial charge < -0.3 is 0 Å². The Balaban J connectivity index is 2.40. The molecule has 0 amide bonds. The molecule has 0 aliphatic heterocycles. The van der Waals surface area contributed by atoms with Crippen molar-refractivity contribution in [3.63, 3.8) is 0 Å². The maximum Gasteiger partial charge on any atom is 0.0751 e. The van der Waals surface area contributed by atoms with E-state index >= 15 is 0 Å². The summed E-state index contributed by atoms with van der Waals surface area (Å²) in [5, 5.41) is 0.0747. The highest BCUT2D eigenvalue weighted by Gasteiger charge is 2.23. The molecule has 2 atom stereocenters. The van der Waals surface area contributed by atoms with Crippen molar-refractivity contribution in [1.29, 1.82) is 0 Å². The van der Waals surface area contributed by atoms with Crippen LogP contribution in [0.4, 0.5) is 0 Å². The van der Waals surface area contributed by atoms with Crippen molar-refractivity contribution in [1.82, 2.24) is 0 Å². The van der Waals surface area contributed by atoms with Gasteiger partial charge in [-0.2, -0.15) is 0 Å². The average molecular weight is 215 g/mol. The number of rotatable bonds is 0.